The fourth-order valence-corrected chi connectivity index (χ4v) is 5.35. The normalized spacial score (nSPS) is 23.1. The molecule has 1 saturated carbocycles. The molecule has 1 saturated heterocycles. The summed E-state index contributed by atoms with van der Waals surface area (Å²) in [5.74, 6) is -0.628. The topological polar surface area (TPSA) is 132 Å². The van der Waals surface area contributed by atoms with Crippen LogP contribution in [0, 0.1) is 0 Å². The van der Waals surface area contributed by atoms with Crippen molar-refractivity contribution in [2.75, 3.05) is 38.7 Å². The maximum Gasteiger partial charge on any atom is 0.501 e. The Labute approximate surface area is 206 Å². The fraction of sp³-hybridized carbons (Fsp3) is 0.500. The number of carbonyl (C=O) groups excluding carboxylic acids is 1. The van der Waals surface area contributed by atoms with E-state index in [1.165, 1.54) is 6.20 Å². The highest BCUT2D eigenvalue weighted by molar-refractivity contribution is 7.92. The molecule has 2 aliphatic rings. The Morgan fingerprint density at radius 3 is 2.44 bits per heavy atom. The van der Waals surface area contributed by atoms with Gasteiger partial charge in [0.05, 0.1) is 24.2 Å². The molecular weight excluding hydrogens is 501 g/mol. The third-order valence-corrected chi connectivity index (χ3v) is 8.00. The molecule has 1 amide bonds. The Kier molecular flexibility index (Phi) is 7.38. The minimum absolute atomic E-state index is 0.0905. The van der Waals surface area contributed by atoms with Crippen molar-refractivity contribution in [1.82, 2.24) is 14.7 Å². The van der Waals surface area contributed by atoms with E-state index >= 15 is 0 Å². The van der Waals surface area contributed by atoms with Gasteiger partial charge in [0, 0.05) is 50.2 Å². The second-order valence-electron chi connectivity index (χ2n) is 8.65. The number of rotatable bonds is 6. The number of carbonyl (C=O) groups is 1. The van der Waals surface area contributed by atoms with Gasteiger partial charge in [-0.2, -0.15) is 18.3 Å². The van der Waals surface area contributed by atoms with E-state index in [9.17, 15) is 26.4 Å². The van der Waals surface area contributed by atoms with Crippen LogP contribution in [0.15, 0.2) is 40.4 Å². The second-order valence-corrected chi connectivity index (χ2v) is 10.6. The molecule has 36 heavy (non-hydrogen) atoms. The molecule has 2 heterocycles. The van der Waals surface area contributed by atoms with E-state index in [4.69, 9.17) is 10.5 Å². The largest absolute Gasteiger partial charge is 0.501 e. The molecule has 0 spiro atoms. The molecule has 0 bridgehead atoms. The number of amides is 1. The number of nitrogens with zero attached hydrogens (tertiary/aromatic N) is 4. The number of sulfone groups is 1. The van der Waals surface area contributed by atoms with E-state index in [0.29, 0.717) is 19.3 Å². The van der Waals surface area contributed by atoms with Crippen LogP contribution in [0.1, 0.15) is 35.7 Å². The van der Waals surface area contributed by atoms with Gasteiger partial charge in [0.2, 0.25) is 0 Å². The Bertz CT molecular complexity index is 1240. The van der Waals surface area contributed by atoms with Crippen LogP contribution in [0.2, 0.25) is 0 Å². The molecule has 2 fully saturated rings. The minimum atomic E-state index is -5.47. The molecule has 10 nitrogen and oxygen atoms in total. The first-order valence-corrected chi connectivity index (χ1v) is 12.8. The van der Waals surface area contributed by atoms with Crippen molar-refractivity contribution >= 4 is 33.0 Å². The van der Waals surface area contributed by atoms with Gasteiger partial charge in [-0.1, -0.05) is 0 Å². The quantitative estimate of drug-likeness (QED) is 0.589. The minimum Gasteiger partial charge on any atom is -0.379 e. The zero-order valence-electron chi connectivity index (χ0n) is 19.5. The lowest BCUT2D eigenvalue weighted by atomic mass is 9.88. The van der Waals surface area contributed by atoms with E-state index in [-0.39, 0.29) is 23.1 Å². The third-order valence-electron chi connectivity index (χ3n) is 6.50. The van der Waals surface area contributed by atoms with Gasteiger partial charge < -0.3 is 15.8 Å². The van der Waals surface area contributed by atoms with Crippen molar-refractivity contribution in [3.63, 3.8) is 0 Å². The molecule has 1 aliphatic heterocycles. The summed E-state index contributed by atoms with van der Waals surface area (Å²) in [6.07, 6.45) is 3.94. The number of hydrogen-bond acceptors (Lipinski definition) is 8. The summed E-state index contributed by atoms with van der Waals surface area (Å²) in [6.45, 7) is 3.16. The summed E-state index contributed by atoms with van der Waals surface area (Å²) in [4.78, 5) is 18.1. The van der Waals surface area contributed by atoms with Crippen molar-refractivity contribution in [2.24, 2.45) is 10.7 Å². The van der Waals surface area contributed by atoms with Crippen molar-refractivity contribution < 1.29 is 31.1 Å². The molecule has 2 aromatic rings. The number of alkyl halides is 3. The summed E-state index contributed by atoms with van der Waals surface area (Å²) in [5, 5.41) is 7.34. The summed E-state index contributed by atoms with van der Waals surface area (Å²) >= 11 is 0. The Hall–Kier alpha value is -2.97. The van der Waals surface area contributed by atoms with Gasteiger partial charge in [-0.15, -0.1) is 0 Å². The van der Waals surface area contributed by atoms with Gasteiger partial charge in [-0.05, 0) is 37.1 Å². The van der Waals surface area contributed by atoms with Gasteiger partial charge in [-0.25, -0.2) is 8.42 Å². The summed E-state index contributed by atoms with van der Waals surface area (Å²) in [7, 11) is -3.74. The number of halogens is 3. The number of aromatic nitrogens is 2. The molecule has 4 rings (SSSR count). The molecule has 0 unspecified atom stereocenters. The maximum atomic E-state index is 12.8. The van der Waals surface area contributed by atoms with Crippen LogP contribution in [0.4, 0.5) is 24.7 Å². The number of aliphatic imine (C=N–C) groups is 1. The Morgan fingerprint density at radius 1 is 1.19 bits per heavy atom. The van der Waals surface area contributed by atoms with Crippen LogP contribution in [0.25, 0.3) is 0 Å². The van der Waals surface area contributed by atoms with Crippen molar-refractivity contribution in [1.29, 1.82) is 0 Å². The Morgan fingerprint density at radius 2 is 1.86 bits per heavy atom. The van der Waals surface area contributed by atoms with Crippen LogP contribution in [-0.4, -0.2) is 79.6 Å². The lowest BCUT2D eigenvalue weighted by molar-refractivity contribution is -0.0436. The van der Waals surface area contributed by atoms with E-state index in [0.717, 1.165) is 62.3 Å². The first-order chi connectivity index (χ1) is 17.0. The van der Waals surface area contributed by atoms with E-state index in [1.54, 1.807) is 11.7 Å². The molecular formula is C22H27F3N6O4S. The summed E-state index contributed by atoms with van der Waals surface area (Å²) in [6, 6.07) is 4.16. The number of anilines is 2. The lowest BCUT2D eigenvalue weighted by Crippen LogP contribution is -2.47. The standard InChI is InChI=1S/C22H27F3N6O4S/c1-27-18-12-15(30-8-10-35-11-9-30)4-7-19(18)31-13-17(20(26)32)21(29-31)28-14-2-5-16(6-3-14)36(33,34)22(23,24)25/h2-3,5-6,13,15,19H,4,7-12H2,1H3,(H2,26,32)(H,28,29)/b27-18+/t15-,19-/m0/s1. The molecule has 1 aromatic carbocycles. The molecule has 14 heteroatoms. The van der Waals surface area contributed by atoms with E-state index in [2.05, 4.69) is 20.3 Å². The summed E-state index contributed by atoms with van der Waals surface area (Å²) < 4.78 is 68.6. The number of nitrogens with one attached hydrogen (secondary N) is 1. The van der Waals surface area contributed by atoms with Crippen LogP contribution in [0.5, 0.6) is 0 Å². The summed E-state index contributed by atoms with van der Waals surface area (Å²) in [5.41, 5.74) is 1.40. The van der Waals surface area contributed by atoms with Gasteiger partial charge in [-0.3, -0.25) is 19.4 Å². The average Bonchev–Trinajstić information content (AvgIpc) is 3.27. The third kappa shape index (κ3) is 5.25. The number of primary amides is 1. The van der Waals surface area contributed by atoms with Crippen LogP contribution >= 0.6 is 0 Å². The van der Waals surface area contributed by atoms with E-state index < -0.39 is 26.1 Å². The Balaban J connectivity index is 1.54. The van der Waals surface area contributed by atoms with Crippen LogP contribution < -0.4 is 11.1 Å². The molecule has 196 valence electrons. The van der Waals surface area contributed by atoms with Gasteiger partial charge in [0.25, 0.3) is 15.7 Å². The van der Waals surface area contributed by atoms with Gasteiger partial charge in [0.1, 0.15) is 5.56 Å². The van der Waals surface area contributed by atoms with Crippen molar-refractivity contribution in [2.45, 2.75) is 41.7 Å². The lowest BCUT2D eigenvalue weighted by Gasteiger charge is -2.39. The van der Waals surface area contributed by atoms with Crippen LogP contribution in [0.3, 0.4) is 0 Å². The molecule has 3 N–H and O–H groups in total. The highest BCUT2D eigenvalue weighted by Crippen LogP contribution is 2.33. The van der Waals surface area contributed by atoms with Crippen molar-refractivity contribution in [3.05, 3.63) is 36.0 Å². The number of hydrogen-bond donors (Lipinski definition) is 2. The first-order valence-electron chi connectivity index (χ1n) is 11.4. The highest BCUT2D eigenvalue weighted by Gasteiger charge is 2.46. The molecule has 0 radical (unpaired) electrons. The zero-order chi connectivity index (χ0) is 26.1. The fourth-order valence-electron chi connectivity index (χ4n) is 4.59. The number of ether oxygens (including phenoxy) is 1. The number of nitrogens with two attached hydrogens (primary N) is 1. The van der Waals surface area contributed by atoms with Gasteiger partial charge in [0.15, 0.2) is 5.82 Å². The predicted octanol–water partition coefficient (Wildman–Crippen LogP) is 2.52. The zero-order valence-corrected chi connectivity index (χ0v) is 20.3. The average molecular weight is 529 g/mol. The SMILES string of the molecule is C/N=C1\C[C@@H](N2CCOCC2)CC[C@@H]1n1cc(C(N)=O)c(Nc2ccc(S(=O)(=O)C(F)(F)F)cc2)n1. The maximum absolute atomic E-state index is 12.8. The highest BCUT2D eigenvalue weighted by atomic mass is 32.2. The van der Waals surface area contributed by atoms with Crippen molar-refractivity contribution in [3.8, 4) is 0 Å². The van der Waals surface area contributed by atoms with E-state index in [1.807, 2.05) is 0 Å². The smallest absolute Gasteiger partial charge is 0.379 e. The molecule has 1 aliphatic carbocycles. The van der Waals surface area contributed by atoms with Crippen LogP contribution in [-0.2, 0) is 14.6 Å². The predicted molar refractivity (Wildman–Crippen MR) is 126 cm³/mol. The molecule has 2 atom stereocenters. The first kappa shape index (κ1) is 26.1. The number of morpholine rings is 1. The molecule has 1 aromatic heterocycles. The number of benzene rings is 1. The second kappa shape index (κ2) is 10.2. The monoisotopic (exact) mass is 528 g/mol. The van der Waals surface area contributed by atoms with Gasteiger partial charge >= 0.3 is 5.51 Å².